The molecule has 0 fully saturated rings. The summed E-state index contributed by atoms with van der Waals surface area (Å²) in [4.78, 5) is 10.6. The SMILES string of the molecule is O=C([O-])c1cc(S(=O)(=O)N2CCc3ccccc32)ccc1F. The van der Waals surface area contributed by atoms with Crippen molar-refractivity contribution in [2.24, 2.45) is 0 Å². The molecule has 0 bridgehead atoms. The maximum atomic E-state index is 13.4. The summed E-state index contributed by atoms with van der Waals surface area (Å²) in [7, 11) is -3.95. The van der Waals surface area contributed by atoms with Gasteiger partial charge in [-0.15, -0.1) is 0 Å². The Balaban J connectivity index is 2.09. The molecule has 0 radical (unpaired) electrons. The summed E-state index contributed by atoms with van der Waals surface area (Å²) in [5.41, 5.74) is 0.684. The number of rotatable bonds is 3. The lowest BCUT2D eigenvalue weighted by atomic mass is 10.2. The third-order valence-corrected chi connectivity index (χ3v) is 5.40. The summed E-state index contributed by atoms with van der Waals surface area (Å²) in [6.45, 7) is 0.264. The standard InChI is InChI=1S/C15H12FNO4S/c16-13-6-5-11(9-12(13)15(18)19)22(20,21)17-8-7-10-3-1-2-4-14(10)17/h1-6,9H,7-8H2,(H,18,19)/p-1. The number of sulfonamides is 1. The molecule has 0 atom stereocenters. The highest BCUT2D eigenvalue weighted by Gasteiger charge is 2.31. The van der Waals surface area contributed by atoms with Crippen molar-refractivity contribution in [1.29, 1.82) is 0 Å². The maximum absolute atomic E-state index is 13.4. The third-order valence-electron chi connectivity index (χ3n) is 3.59. The van der Waals surface area contributed by atoms with Crippen LogP contribution in [0.2, 0.25) is 0 Å². The van der Waals surface area contributed by atoms with Crippen molar-refractivity contribution in [3.8, 4) is 0 Å². The largest absolute Gasteiger partial charge is 0.545 e. The van der Waals surface area contributed by atoms with Crippen molar-refractivity contribution in [2.75, 3.05) is 10.8 Å². The molecule has 0 saturated heterocycles. The monoisotopic (exact) mass is 320 g/mol. The van der Waals surface area contributed by atoms with Gasteiger partial charge in [0.05, 0.1) is 16.6 Å². The molecule has 0 N–H and O–H groups in total. The number of anilines is 1. The zero-order valence-corrected chi connectivity index (χ0v) is 12.1. The number of carboxylic acid groups (broad SMARTS) is 1. The molecule has 114 valence electrons. The minimum atomic E-state index is -3.95. The fourth-order valence-corrected chi connectivity index (χ4v) is 4.04. The molecule has 3 rings (SSSR count). The van der Waals surface area contributed by atoms with Crippen LogP contribution < -0.4 is 9.41 Å². The number of hydrogen-bond donors (Lipinski definition) is 0. The second kappa shape index (κ2) is 5.10. The molecule has 22 heavy (non-hydrogen) atoms. The van der Waals surface area contributed by atoms with Crippen LogP contribution in [0.1, 0.15) is 15.9 Å². The van der Waals surface area contributed by atoms with Crippen molar-refractivity contribution in [3.63, 3.8) is 0 Å². The minimum Gasteiger partial charge on any atom is -0.545 e. The highest BCUT2D eigenvalue weighted by atomic mass is 32.2. The van der Waals surface area contributed by atoms with Crippen LogP contribution in [0, 0.1) is 5.82 Å². The minimum absolute atomic E-state index is 0.264. The molecule has 0 saturated carbocycles. The summed E-state index contributed by atoms with van der Waals surface area (Å²) in [5, 5.41) is 10.9. The Kier molecular flexibility index (Phi) is 3.37. The van der Waals surface area contributed by atoms with Gasteiger partial charge in [-0.05, 0) is 36.2 Å². The van der Waals surface area contributed by atoms with Crippen molar-refractivity contribution < 1.29 is 22.7 Å². The first-order chi connectivity index (χ1) is 10.4. The van der Waals surface area contributed by atoms with Crippen LogP contribution in [0.3, 0.4) is 0 Å². The normalized spacial score (nSPS) is 14.0. The summed E-state index contributed by atoms with van der Waals surface area (Å²) < 4.78 is 39.9. The summed E-state index contributed by atoms with van der Waals surface area (Å²) >= 11 is 0. The van der Waals surface area contributed by atoms with Crippen LogP contribution in [-0.4, -0.2) is 20.9 Å². The van der Waals surface area contributed by atoms with Gasteiger partial charge in [-0.1, -0.05) is 18.2 Å². The first kappa shape index (κ1) is 14.5. The molecule has 1 aliphatic heterocycles. The fraction of sp³-hybridized carbons (Fsp3) is 0.133. The van der Waals surface area contributed by atoms with Crippen LogP contribution in [0.4, 0.5) is 10.1 Å². The first-order valence-corrected chi connectivity index (χ1v) is 7.97. The quantitative estimate of drug-likeness (QED) is 0.843. The lowest BCUT2D eigenvalue weighted by Crippen LogP contribution is -2.30. The average molecular weight is 320 g/mol. The number of halogens is 1. The molecule has 0 aromatic heterocycles. The molecular weight excluding hydrogens is 309 g/mol. The van der Waals surface area contributed by atoms with Crippen molar-refractivity contribution in [3.05, 3.63) is 59.4 Å². The van der Waals surface area contributed by atoms with E-state index in [-0.39, 0.29) is 11.4 Å². The van der Waals surface area contributed by atoms with Crippen molar-refractivity contribution in [2.45, 2.75) is 11.3 Å². The smallest absolute Gasteiger partial charge is 0.264 e. The third kappa shape index (κ3) is 2.23. The number of nitrogens with zero attached hydrogens (tertiary/aromatic N) is 1. The number of para-hydroxylation sites is 1. The van der Waals surface area contributed by atoms with Crippen LogP contribution in [0.25, 0.3) is 0 Å². The molecule has 0 amide bonds. The molecule has 2 aromatic rings. The van der Waals surface area contributed by atoms with E-state index in [0.29, 0.717) is 12.1 Å². The van der Waals surface area contributed by atoms with E-state index in [1.54, 1.807) is 12.1 Å². The van der Waals surface area contributed by atoms with E-state index >= 15 is 0 Å². The molecular formula is C15H11FNO4S-. The van der Waals surface area contributed by atoms with E-state index in [0.717, 1.165) is 23.8 Å². The Morgan fingerprint density at radius 2 is 1.91 bits per heavy atom. The highest BCUT2D eigenvalue weighted by molar-refractivity contribution is 7.92. The zero-order valence-electron chi connectivity index (χ0n) is 11.3. The van der Waals surface area contributed by atoms with E-state index in [2.05, 4.69) is 0 Å². The number of fused-ring (bicyclic) bond motifs is 1. The number of benzene rings is 2. The van der Waals surface area contributed by atoms with E-state index in [1.165, 1.54) is 4.31 Å². The van der Waals surface area contributed by atoms with Crippen molar-refractivity contribution in [1.82, 2.24) is 0 Å². The van der Waals surface area contributed by atoms with Crippen LogP contribution in [-0.2, 0) is 16.4 Å². The number of carbonyl (C=O) groups is 1. The maximum Gasteiger partial charge on any atom is 0.264 e. The average Bonchev–Trinajstić information content (AvgIpc) is 2.91. The van der Waals surface area contributed by atoms with Gasteiger partial charge < -0.3 is 9.90 Å². The second-order valence-corrected chi connectivity index (χ2v) is 6.75. The van der Waals surface area contributed by atoms with Crippen LogP contribution in [0.15, 0.2) is 47.4 Å². The Labute approximate surface area is 126 Å². The molecule has 2 aromatic carbocycles. The molecule has 1 aliphatic rings. The van der Waals surface area contributed by atoms with Gasteiger partial charge in [0.1, 0.15) is 5.82 Å². The molecule has 0 spiro atoms. The Hall–Kier alpha value is -2.41. The molecule has 5 nitrogen and oxygen atoms in total. The van der Waals surface area contributed by atoms with Gasteiger partial charge in [-0.3, -0.25) is 4.31 Å². The second-order valence-electron chi connectivity index (χ2n) is 4.88. The summed E-state index contributed by atoms with van der Waals surface area (Å²) in [6.07, 6.45) is 0.573. The van der Waals surface area contributed by atoms with Gasteiger partial charge in [-0.2, -0.15) is 0 Å². The summed E-state index contributed by atoms with van der Waals surface area (Å²) in [6, 6.07) is 9.73. The van der Waals surface area contributed by atoms with Gasteiger partial charge in [0.2, 0.25) is 0 Å². The van der Waals surface area contributed by atoms with E-state index in [1.807, 2.05) is 12.1 Å². The zero-order chi connectivity index (χ0) is 15.9. The van der Waals surface area contributed by atoms with Gasteiger partial charge in [-0.25, -0.2) is 12.8 Å². The Morgan fingerprint density at radius 1 is 1.18 bits per heavy atom. The first-order valence-electron chi connectivity index (χ1n) is 6.53. The predicted molar refractivity (Wildman–Crippen MR) is 75.4 cm³/mol. The fourth-order valence-electron chi connectivity index (χ4n) is 2.51. The highest BCUT2D eigenvalue weighted by Crippen LogP contribution is 2.32. The van der Waals surface area contributed by atoms with Gasteiger partial charge in [0.15, 0.2) is 0 Å². The predicted octanol–water partition coefficient (Wildman–Crippen LogP) is 0.941. The van der Waals surface area contributed by atoms with Crippen LogP contribution >= 0.6 is 0 Å². The topological polar surface area (TPSA) is 77.5 Å². The Morgan fingerprint density at radius 3 is 2.64 bits per heavy atom. The molecule has 0 unspecified atom stereocenters. The van der Waals surface area contributed by atoms with E-state index < -0.39 is 27.4 Å². The van der Waals surface area contributed by atoms with Gasteiger partial charge >= 0.3 is 0 Å². The lowest BCUT2D eigenvalue weighted by molar-refractivity contribution is -0.255. The van der Waals surface area contributed by atoms with Crippen molar-refractivity contribution >= 4 is 21.7 Å². The van der Waals surface area contributed by atoms with Crippen LogP contribution in [0.5, 0.6) is 0 Å². The Bertz CT molecular complexity index is 864. The molecule has 0 aliphatic carbocycles. The molecule has 7 heteroatoms. The number of hydrogen-bond acceptors (Lipinski definition) is 4. The van der Waals surface area contributed by atoms with E-state index in [4.69, 9.17) is 0 Å². The summed E-state index contributed by atoms with van der Waals surface area (Å²) in [5.74, 6) is -2.78. The van der Waals surface area contributed by atoms with Gasteiger partial charge in [0.25, 0.3) is 10.0 Å². The number of aromatic carboxylic acids is 1. The number of carboxylic acids is 1. The van der Waals surface area contributed by atoms with Gasteiger partial charge in [0, 0.05) is 12.1 Å². The molecule has 1 heterocycles. The number of carbonyl (C=O) groups excluding carboxylic acids is 1. The lowest BCUT2D eigenvalue weighted by Gasteiger charge is -2.20. The van der Waals surface area contributed by atoms with E-state index in [9.17, 15) is 22.7 Å².